The van der Waals surface area contributed by atoms with Gasteiger partial charge in [-0.1, -0.05) is 6.07 Å². The van der Waals surface area contributed by atoms with Gasteiger partial charge in [-0.3, -0.25) is 4.79 Å². The fourth-order valence-electron chi connectivity index (χ4n) is 1.73. The number of carboxylic acid groups (broad SMARTS) is 1. The number of carbonyl (C=O) groups is 1. The predicted octanol–water partition coefficient (Wildman–Crippen LogP) is 1.89. The van der Waals surface area contributed by atoms with Crippen molar-refractivity contribution in [3.8, 4) is 0 Å². The lowest BCUT2D eigenvalue weighted by Crippen LogP contribution is -2.24. The number of hydrogen-bond acceptors (Lipinski definition) is 3. The Bertz CT molecular complexity index is 447. The molecule has 0 saturated carbocycles. The van der Waals surface area contributed by atoms with E-state index in [1.165, 1.54) is 12.1 Å². The van der Waals surface area contributed by atoms with Crippen molar-refractivity contribution in [1.29, 1.82) is 0 Å². The van der Waals surface area contributed by atoms with Crippen LogP contribution in [0.2, 0.25) is 0 Å². The van der Waals surface area contributed by atoms with Gasteiger partial charge in [-0.2, -0.15) is 13.2 Å². The highest BCUT2D eigenvalue weighted by Crippen LogP contribution is 2.34. The van der Waals surface area contributed by atoms with Crippen LogP contribution in [-0.2, 0) is 17.4 Å². The lowest BCUT2D eigenvalue weighted by atomic mass is 10.0. The maximum atomic E-state index is 12.8. The molecule has 1 aromatic carbocycles. The molecule has 1 rings (SSSR count). The van der Waals surface area contributed by atoms with E-state index in [4.69, 9.17) is 10.8 Å². The predicted molar refractivity (Wildman–Crippen MR) is 64.7 cm³/mol. The molecule has 106 valence electrons. The number of nitrogens with two attached hydrogens (primary N) is 1. The number of benzene rings is 1. The van der Waals surface area contributed by atoms with Gasteiger partial charge in [-0.15, -0.1) is 0 Å². The smallest absolute Gasteiger partial charge is 0.416 e. The van der Waals surface area contributed by atoms with Gasteiger partial charge in [0.05, 0.1) is 12.1 Å². The van der Waals surface area contributed by atoms with Crippen molar-refractivity contribution in [2.24, 2.45) is 0 Å². The van der Waals surface area contributed by atoms with Gasteiger partial charge in [-0.25, -0.2) is 0 Å². The summed E-state index contributed by atoms with van der Waals surface area (Å²) in [6, 6.07) is 3.69. The van der Waals surface area contributed by atoms with Crippen molar-refractivity contribution in [2.45, 2.75) is 19.0 Å². The number of rotatable bonds is 6. The Labute approximate surface area is 108 Å². The molecule has 0 aliphatic carbocycles. The summed E-state index contributed by atoms with van der Waals surface area (Å²) < 4.78 is 38.3. The van der Waals surface area contributed by atoms with Crippen LogP contribution in [0, 0.1) is 0 Å². The van der Waals surface area contributed by atoms with Gasteiger partial charge >= 0.3 is 12.1 Å². The molecule has 0 radical (unpaired) electrons. The van der Waals surface area contributed by atoms with Crippen LogP contribution in [0.3, 0.4) is 0 Å². The van der Waals surface area contributed by atoms with Crippen LogP contribution >= 0.6 is 0 Å². The zero-order chi connectivity index (χ0) is 14.5. The van der Waals surface area contributed by atoms with Crippen LogP contribution in [0.5, 0.6) is 0 Å². The van der Waals surface area contributed by atoms with Gasteiger partial charge in [0.2, 0.25) is 0 Å². The molecule has 0 atom stereocenters. The summed E-state index contributed by atoms with van der Waals surface area (Å²) in [4.78, 5) is 10.2. The summed E-state index contributed by atoms with van der Waals surface area (Å²) in [6.07, 6.45) is -3.90. The topological polar surface area (TPSA) is 75.3 Å². The number of anilines is 1. The molecule has 0 bridgehead atoms. The molecule has 0 aromatic heterocycles. The molecule has 0 amide bonds. The zero-order valence-electron chi connectivity index (χ0n) is 10.1. The first kappa shape index (κ1) is 15.3. The number of nitrogens with one attached hydrogen (secondary N) is 1. The van der Waals surface area contributed by atoms with Crippen molar-refractivity contribution < 1.29 is 23.1 Å². The fraction of sp³-hybridized carbons (Fsp3) is 0.417. The molecule has 0 spiro atoms. The van der Waals surface area contributed by atoms with Crippen LogP contribution in [-0.4, -0.2) is 24.2 Å². The Morgan fingerprint density at radius 3 is 2.63 bits per heavy atom. The Kier molecular flexibility index (Phi) is 5.17. The number of carboxylic acids is 1. The van der Waals surface area contributed by atoms with Crippen LogP contribution in [0.15, 0.2) is 18.2 Å². The van der Waals surface area contributed by atoms with E-state index < -0.39 is 17.7 Å². The molecule has 19 heavy (non-hydrogen) atoms. The van der Waals surface area contributed by atoms with Crippen LogP contribution in [0.4, 0.5) is 18.9 Å². The van der Waals surface area contributed by atoms with Crippen molar-refractivity contribution in [2.75, 3.05) is 18.8 Å². The third kappa shape index (κ3) is 4.78. The van der Waals surface area contributed by atoms with E-state index in [1.54, 1.807) is 0 Å². The Morgan fingerprint density at radius 1 is 1.37 bits per heavy atom. The number of nitrogen functional groups attached to an aromatic ring is 1. The second kappa shape index (κ2) is 6.42. The van der Waals surface area contributed by atoms with Gasteiger partial charge in [0.15, 0.2) is 0 Å². The number of hydrogen-bond donors (Lipinski definition) is 3. The maximum Gasteiger partial charge on any atom is 0.416 e. The Morgan fingerprint density at radius 2 is 2.05 bits per heavy atom. The molecule has 1 aromatic rings. The van der Waals surface area contributed by atoms with Gasteiger partial charge in [0, 0.05) is 5.69 Å². The van der Waals surface area contributed by atoms with E-state index in [2.05, 4.69) is 5.32 Å². The average Bonchev–Trinajstić information content (AvgIpc) is 2.28. The largest absolute Gasteiger partial charge is 0.480 e. The second-order valence-corrected chi connectivity index (χ2v) is 4.05. The lowest BCUT2D eigenvalue weighted by molar-refractivity contribution is -0.138. The summed E-state index contributed by atoms with van der Waals surface area (Å²) in [7, 11) is 0. The van der Waals surface area contributed by atoms with Gasteiger partial charge in [0.1, 0.15) is 0 Å². The van der Waals surface area contributed by atoms with Crippen molar-refractivity contribution in [1.82, 2.24) is 5.32 Å². The molecule has 0 fully saturated rings. The molecule has 0 heterocycles. The third-order valence-corrected chi connectivity index (χ3v) is 2.57. The van der Waals surface area contributed by atoms with E-state index in [1.807, 2.05) is 0 Å². The van der Waals surface area contributed by atoms with Gasteiger partial charge < -0.3 is 16.2 Å². The van der Waals surface area contributed by atoms with Gasteiger partial charge in [-0.05, 0) is 37.1 Å². The molecule has 0 aliphatic heterocycles. The first-order valence-electron chi connectivity index (χ1n) is 5.69. The SMILES string of the molecule is Nc1cccc(C(F)(F)F)c1CCCNCC(=O)O. The fourth-order valence-corrected chi connectivity index (χ4v) is 1.73. The Balaban J connectivity index is 2.65. The van der Waals surface area contributed by atoms with E-state index in [0.717, 1.165) is 6.07 Å². The summed E-state index contributed by atoms with van der Waals surface area (Å²) in [5, 5.41) is 11.0. The Hall–Kier alpha value is -1.76. The molecule has 0 unspecified atom stereocenters. The van der Waals surface area contributed by atoms with Crippen molar-refractivity contribution in [3.63, 3.8) is 0 Å². The molecular weight excluding hydrogens is 261 g/mol. The molecule has 7 heteroatoms. The highest BCUT2D eigenvalue weighted by atomic mass is 19.4. The quantitative estimate of drug-likeness (QED) is 0.548. The minimum atomic E-state index is -4.43. The minimum Gasteiger partial charge on any atom is -0.480 e. The standard InChI is InChI=1S/C12H15F3N2O2/c13-12(14,15)9-4-1-5-10(16)8(9)3-2-6-17-7-11(18)19/h1,4-5,17H,2-3,6-7,16H2,(H,18,19). The van der Waals surface area contributed by atoms with Crippen molar-refractivity contribution in [3.05, 3.63) is 29.3 Å². The van der Waals surface area contributed by atoms with E-state index in [0.29, 0.717) is 13.0 Å². The number of halogens is 3. The maximum absolute atomic E-state index is 12.8. The number of alkyl halides is 3. The highest BCUT2D eigenvalue weighted by molar-refractivity contribution is 5.68. The molecule has 0 aliphatic rings. The van der Waals surface area contributed by atoms with Crippen LogP contribution < -0.4 is 11.1 Å². The normalized spacial score (nSPS) is 11.5. The van der Waals surface area contributed by atoms with E-state index in [9.17, 15) is 18.0 Å². The van der Waals surface area contributed by atoms with Crippen LogP contribution in [0.1, 0.15) is 17.5 Å². The third-order valence-electron chi connectivity index (χ3n) is 2.57. The first-order chi connectivity index (χ1) is 8.82. The van der Waals surface area contributed by atoms with Crippen LogP contribution in [0.25, 0.3) is 0 Å². The summed E-state index contributed by atoms with van der Waals surface area (Å²) in [5.41, 5.74) is 5.00. The number of aliphatic carboxylic acids is 1. The summed E-state index contributed by atoms with van der Waals surface area (Å²) in [5.74, 6) is -1.00. The first-order valence-corrected chi connectivity index (χ1v) is 5.69. The van der Waals surface area contributed by atoms with Crippen molar-refractivity contribution >= 4 is 11.7 Å². The summed E-state index contributed by atoms with van der Waals surface area (Å²) >= 11 is 0. The van der Waals surface area contributed by atoms with E-state index in [-0.39, 0.29) is 24.2 Å². The van der Waals surface area contributed by atoms with E-state index >= 15 is 0 Å². The summed E-state index contributed by atoms with van der Waals surface area (Å²) in [6.45, 7) is 0.105. The highest BCUT2D eigenvalue weighted by Gasteiger charge is 2.33. The molecule has 4 nitrogen and oxygen atoms in total. The molecule has 4 N–H and O–H groups in total. The second-order valence-electron chi connectivity index (χ2n) is 4.05. The van der Waals surface area contributed by atoms with Gasteiger partial charge in [0.25, 0.3) is 0 Å². The molecule has 0 saturated heterocycles. The lowest BCUT2D eigenvalue weighted by Gasteiger charge is -2.14. The monoisotopic (exact) mass is 276 g/mol. The average molecular weight is 276 g/mol. The zero-order valence-corrected chi connectivity index (χ0v) is 10.1. The molecular formula is C12H15F3N2O2. The minimum absolute atomic E-state index is 0.0622.